The van der Waals surface area contributed by atoms with Crippen LogP contribution in [0.25, 0.3) is 0 Å². The number of rotatable bonds is 7. The second-order valence-corrected chi connectivity index (χ2v) is 4.36. The zero-order valence-corrected chi connectivity index (χ0v) is 11.4. The van der Waals surface area contributed by atoms with Crippen molar-refractivity contribution < 1.29 is 4.92 Å². The van der Waals surface area contributed by atoms with E-state index >= 15 is 0 Å². The van der Waals surface area contributed by atoms with E-state index in [2.05, 4.69) is 17.9 Å². The van der Waals surface area contributed by atoms with E-state index in [1.807, 2.05) is 6.92 Å². The summed E-state index contributed by atoms with van der Waals surface area (Å²) in [5.74, 6) is 0. The molecule has 0 N–H and O–H groups in total. The van der Waals surface area contributed by atoms with Crippen molar-refractivity contribution in [3.05, 3.63) is 39.9 Å². The lowest BCUT2D eigenvalue weighted by molar-refractivity contribution is -0.384. The highest BCUT2D eigenvalue weighted by atomic mass is 16.6. The van der Waals surface area contributed by atoms with E-state index in [1.165, 1.54) is 12.1 Å². The Morgan fingerprint density at radius 3 is 2.42 bits per heavy atom. The molecule has 0 fully saturated rings. The number of benzene rings is 1. The largest absolute Gasteiger partial charge is 0.285 e. The lowest BCUT2D eigenvalue weighted by Gasteiger charge is -2.25. The monoisotopic (exact) mass is 261 g/mol. The minimum absolute atomic E-state index is 0.0528. The van der Waals surface area contributed by atoms with Gasteiger partial charge in [0.2, 0.25) is 0 Å². The van der Waals surface area contributed by atoms with Gasteiger partial charge in [-0.2, -0.15) is 5.26 Å². The number of unbranched alkanes of at least 4 members (excludes halogenated alkanes) is 1. The van der Waals surface area contributed by atoms with Gasteiger partial charge in [-0.05, 0) is 37.2 Å². The third-order valence-corrected chi connectivity index (χ3v) is 3.11. The number of nitro groups is 1. The first-order valence-corrected chi connectivity index (χ1v) is 6.52. The first-order valence-electron chi connectivity index (χ1n) is 6.52. The maximum Gasteiger partial charge on any atom is 0.269 e. The summed E-state index contributed by atoms with van der Waals surface area (Å²) >= 11 is 0. The molecule has 1 aromatic carbocycles. The van der Waals surface area contributed by atoms with Gasteiger partial charge in [-0.15, -0.1) is 0 Å². The summed E-state index contributed by atoms with van der Waals surface area (Å²) in [5, 5.41) is 19.9. The van der Waals surface area contributed by atoms with Gasteiger partial charge in [-0.3, -0.25) is 15.0 Å². The van der Waals surface area contributed by atoms with Crippen molar-refractivity contribution in [3.8, 4) is 6.07 Å². The van der Waals surface area contributed by atoms with Crippen molar-refractivity contribution in [1.82, 2.24) is 4.90 Å². The molecule has 102 valence electrons. The molecule has 0 aliphatic carbocycles. The molecule has 0 aliphatic rings. The standard InChI is InChI=1S/C14H19N3O2/c1-3-5-10-16(4-2)14(11-15)12-6-8-13(9-7-12)17(18)19/h6-9,14H,3-5,10H2,1-2H3. The fraction of sp³-hybridized carbons (Fsp3) is 0.500. The Labute approximate surface area is 113 Å². The van der Waals surface area contributed by atoms with Crippen LogP contribution in [0.4, 0.5) is 5.69 Å². The van der Waals surface area contributed by atoms with Crippen LogP contribution in [0.1, 0.15) is 38.3 Å². The summed E-state index contributed by atoms with van der Waals surface area (Å²) in [6, 6.07) is 8.19. The van der Waals surface area contributed by atoms with E-state index in [-0.39, 0.29) is 11.7 Å². The lowest BCUT2D eigenvalue weighted by atomic mass is 10.1. The van der Waals surface area contributed by atoms with Crippen LogP contribution >= 0.6 is 0 Å². The van der Waals surface area contributed by atoms with Crippen LogP contribution in [-0.2, 0) is 0 Å². The van der Waals surface area contributed by atoms with Crippen molar-refractivity contribution in [1.29, 1.82) is 5.26 Å². The summed E-state index contributed by atoms with van der Waals surface area (Å²) in [7, 11) is 0. The highest BCUT2D eigenvalue weighted by Gasteiger charge is 2.18. The second kappa shape index (κ2) is 7.49. The molecule has 0 saturated carbocycles. The quantitative estimate of drug-likeness (QED) is 0.558. The summed E-state index contributed by atoms with van der Waals surface area (Å²) in [4.78, 5) is 12.3. The van der Waals surface area contributed by atoms with Crippen LogP contribution in [0.3, 0.4) is 0 Å². The SMILES string of the molecule is CCCCN(CC)C(C#N)c1ccc([N+](=O)[O-])cc1. The zero-order valence-electron chi connectivity index (χ0n) is 11.4. The van der Waals surface area contributed by atoms with Crippen LogP contribution < -0.4 is 0 Å². The molecule has 1 rings (SSSR count). The van der Waals surface area contributed by atoms with Gasteiger partial charge in [-0.1, -0.05) is 20.3 Å². The highest BCUT2D eigenvalue weighted by Crippen LogP contribution is 2.22. The fourth-order valence-corrected chi connectivity index (χ4v) is 1.98. The molecule has 0 heterocycles. The molecular weight excluding hydrogens is 242 g/mol. The molecule has 0 saturated heterocycles. The number of nitro benzene ring substituents is 1. The Hall–Kier alpha value is -1.93. The maximum atomic E-state index is 10.6. The van der Waals surface area contributed by atoms with Crippen LogP contribution in [0.15, 0.2) is 24.3 Å². The third kappa shape index (κ3) is 4.04. The third-order valence-electron chi connectivity index (χ3n) is 3.11. The molecule has 19 heavy (non-hydrogen) atoms. The lowest BCUT2D eigenvalue weighted by Crippen LogP contribution is -2.28. The van der Waals surface area contributed by atoms with Gasteiger partial charge in [0.1, 0.15) is 6.04 Å². The van der Waals surface area contributed by atoms with Crippen LogP contribution in [0.2, 0.25) is 0 Å². The van der Waals surface area contributed by atoms with E-state index in [1.54, 1.807) is 12.1 Å². The van der Waals surface area contributed by atoms with Crippen LogP contribution in [0.5, 0.6) is 0 Å². The fourth-order valence-electron chi connectivity index (χ4n) is 1.98. The van der Waals surface area contributed by atoms with Gasteiger partial charge in [0, 0.05) is 12.1 Å². The molecule has 1 aromatic rings. The summed E-state index contributed by atoms with van der Waals surface area (Å²) in [6.45, 7) is 5.78. The first kappa shape index (κ1) is 15.1. The molecule has 5 heteroatoms. The van der Waals surface area contributed by atoms with E-state index < -0.39 is 4.92 Å². The van der Waals surface area contributed by atoms with Crippen molar-refractivity contribution in [2.24, 2.45) is 0 Å². The first-order chi connectivity index (χ1) is 9.13. The number of non-ortho nitro benzene ring substituents is 1. The molecule has 1 atom stereocenters. The minimum Gasteiger partial charge on any atom is -0.285 e. The Kier molecular flexibility index (Phi) is 5.97. The molecule has 1 unspecified atom stereocenters. The molecule has 0 aromatic heterocycles. The van der Waals surface area contributed by atoms with Gasteiger partial charge >= 0.3 is 0 Å². The summed E-state index contributed by atoms with van der Waals surface area (Å²) < 4.78 is 0. The molecule has 0 bridgehead atoms. The van der Waals surface area contributed by atoms with Gasteiger partial charge in [0.15, 0.2) is 0 Å². The maximum absolute atomic E-state index is 10.6. The summed E-state index contributed by atoms with van der Waals surface area (Å²) in [6.07, 6.45) is 2.12. The average molecular weight is 261 g/mol. The minimum atomic E-state index is -0.431. The normalized spacial score (nSPS) is 12.1. The van der Waals surface area contributed by atoms with Crippen molar-refractivity contribution in [2.45, 2.75) is 32.7 Å². The molecule has 0 spiro atoms. The van der Waals surface area contributed by atoms with E-state index in [9.17, 15) is 15.4 Å². The van der Waals surface area contributed by atoms with E-state index in [4.69, 9.17) is 0 Å². The molecule has 0 aliphatic heterocycles. The summed E-state index contributed by atoms with van der Waals surface area (Å²) in [5.41, 5.74) is 0.864. The van der Waals surface area contributed by atoms with Gasteiger partial charge in [-0.25, -0.2) is 0 Å². The number of nitrogens with zero attached hydrogens (tertiary/aromatic N) is 3. The Balaban J connectivity index is 2.89. The van der Waals surface area contributed by atoms with Crippen LogP contribution in [-0.4, -0.2) is 22.9 Å². The topological polar surface area (TPSA) is 70.2 Å². The number of hydrogen-bond acceptors (Lipinski definition) is 4. The Bertz CT molecular complexity index is 451. The van der Waals surface area contributed by atoms with Crippen molar-refractivity contribution in [3.63, 3.8) is 0 Å². The van der Waals surface area contributed by atoms with E-state index in [0.717, 1.165) is 31.5 Å². The predicted molar refractivity (Wildman–Crippen MR) is 73.6 cm³/mol. The second-order valence-electron chi connectivity index (χ2n) is 4.36. The number of hydrogen-bond donors (Lipinski definition) is 0. The van der Waals surface area contributed by atoms with Crippen molar-refractivity contribution >= 4 is 5.69 Å². The van der Waals surface area contributed by atoms with Crippen molar-refractivity contribution in [2.75, 3.05) is 13.1 Å². The van der Waals surface area contributed by atoms with Gasteiger partial charge < -0.3 is 0 Å². The van der Waals surface area contributed by atoms with Gasteiger partial charge in [0.25, 0.3) is 5.69 Å². The van der Waals surface area contributed by atoms with Gasteiger partial charge in [0.05, 0.1) is 11.0 Å². The average Bonchev–Trinajstić information content (AvgIpc) is 2.43. The van der Waals surface area contributed by atoms with E-state index in [0.29, 0.717) is 0 Å². The Morgan fingerprint density at radius 2 is 2.00 bits per heavy atom. The molecular formula is C14H19N3O2. The Morgan fingerprint density at radius 1 is 1.37 bits per heavy atom. The smallest absolute Gasteiger partial charge is 0.269 e. The number of nitriles is 1. The predicted octanol–water partition coefficient (Wildman–Crippen LogP) is 3.28. The zero-order chi connectivity index (χ0) is 14.3. The highest BCUT2D eigenvalue weighted by molar-refractivity contribution is 5.35. The molecule has 5 nitrogen and oxygen atoms in total. The molecule has 0 amide bonds. The molecule has 0 radical (unpaired) electrons. The van der Waals surface area contributed by atoms with Crippen LogP contribution in [0, 0.1) is 21.4 Å².